The van der Waals surface area contributed by atoms with E-state index in [1.807, 2.05) is 0 Å². The smallest absolute Gasteiger partial charge is 0.387 e. The molecule has 1 aliphatic rings. The van der Waals surface area contributed by atoms with E-state index in [4.69, 9.17) is 9.84 Å². The zero-order valence-electron chi connectivity index (χ0n) is 14.4. The van der Waals surface area contributed by atoms with E-state index in [0.29, 0.717) is 24.9 Å². The van der Waals surface area contributed by atoms with Crippen LogP contribution >= 0.6 is 0 Å². The predicted molar refractivity (Wildman–Crippen MR) is 88.4 cm³/mol. The molecule has 0 bridgehead atoms. The first-order valence-electron chi connectivity index (χ1n) is 8.36. The Morgan fingerprint density at radius 3 is 2.81 bits per heavy atom. The van der Waals surface area contributed by atoms with Crippen LogP contribution in [0.2, 0.25) is 0 Å². The van der Waals surface area contributed by atoms with Gasteiger partial charge in [0.25, 0.3) is 0 Å². The number of nitrogens with one attached hydrogen (secondary N) is 1. The number of alkyl halides is 2. The fraction of sp³-hybridized carbons (Fsp3) is 0.529. The molecule has 7 nitrogen and oxygen atoms in total. The maximum Gasteiger partial charge on any atom is 0.387 e. The number of carbonyl (C=O) groups excluding carboxylic acids is 1. The van der Waals surface area contributed by atoms with E-state index in [-0.39, 0.29) is 37.2 Å². The third kappa shape index (κ3) is 5.47. The first-order valence-corrected chi connectivity index (χ1v) is 8.36. The van der Waals surface area contributed by atoms with Crippen LogP contribution in [-0.2, 0) is 11.3 Å². The highest BCUT2D eigenvalue weighted by atomic mass is 19.3. The van der Waals surface area contributed by atoms with E-state index in [2.05, 4.69) is 10.1 Å². The van der Waals surface area contributed by atoms with Crippen molar-refractivity contribution < 1.29 is 33.0 Å². The number of carboxylic acids is 1. The van der Waals surface area contributed by atoms with Crippen LogP contribution in [0.1, 0.15) is 25.3 Å². The number of aliphatic carboxylic acids is 1. The van der Waals surface area contributed by atoms with Crippen LogP contribution in [0, 0.1) is 5.92 Å². The number of carboxylic acid groups (broad SMARTS) is 1. The normalized spacial score (nSPS) is 17.1. The molecule has 2 amide bonds. The van der Waals surface area contributed by atoms with Gasteiger partial charge in [0, 0.05) is 19.6 Å². The summed E-state index contributed by atoms with van der Waals surface area (Å²) in [6.45, 7) is -0.133. The van der Waals surface area contributed by atoms with Crippen molar-refractivity contribution >= 4 is 12.0 Å². The van der Waals surface area contributed by atoms with Gasteiger partial charge >= 0.3 is 18.6 Å². The van der Waals surface area contributed by atoms with Crippen molar-refractivity contribution in [3.63, 3.8) is 0 Å². The SMILES string of the molecule is CCOc1cc(CNC(=O)N2CCCC(C(=O)O)C2)ccc1OC(F)F. The lowest BCUT2D eigenvalue weighted by molar-refractivity contribution is -0.143. The second kappa shape index (κ2) is 9.21. The number of amides is 2. The molecule has 144 valence electrons. The minimum absolute atomic E-state index is 0.0720. The summed E-state index contributed by atoms with van der Waals surface area (Å²) in [4.78, 5) is 24.8. The lowest BCUT2D eigenvalue weighted by Gasteiger charge is -2.30. The number of ether oxygens (including phenoxy) is 2. The van der Waals surface area contributed by atoms with Gasteiger partial charge in [-0.2, -0.15) is 8.78 Å². The molecule has 1 aliphatic heterocycles. The Hall–Kier alpha value is -2.58. The van der Waals surface area contributed by atoms with Gasteiger partial charge in [-0.15, -0.1) is 0 Å². The lowest BCUT2D eigenvalue weighted by Crippen LogP contribution is -2.46. The van der Waals surface area contributed by atoms with Crippen LogP contribution in [0.3, 0.4) is 0 Å². The Labute approximate surface area is 149 Å². The van der Waals surface area contributed by atoms with Gasteiger partial charge in [-0.05, 0) is 37.5 Å². The minimum atomic E-state index is -2.96. The van der Waals surface area contributed by atoms with Gasteiger partial charge in [0.2, 0.25) is 0 Å². The molecule has 1 atom stereocenters. The van der Waals surface area contributed by atoms with Crippen molar-refractivity contribution in [1.82, 2.24) is 10.2 Å². The molecule has 9 heteroatoms. The number of hydrogen-bond donors (Lipinski definition) is 2. The largest absolute Gasteiger partial charge is 0.490 e. The van der Waals surface area contributed by atoms with Crippen LogP contribution in [0.4, 0.5) is 13.6 Å². The molecule has 0 aromatic heterocycles. The van der Waals surface area contributed by atoms with Crippen LogP contribution in [0.25, 0.3) is 0 Å². The number of nitrogens with zero attached hydrogens (tertiary/aromatic N) is 1. The average Bonchev–Trinajstić information content (AvgIpc) is 2.61. The van der Waals surface area contributed by atoms with Crippen LogP contribution in [0.15, 0.2) is 18.2 Å². The zero-order chi connectivity index (χ0) is 19.1. The maximum atomic E-state index is 12.4. The van der Waals surface area contributed by atoms with E-state index in [9.17, 15) is 18.4 Å². The molecule has 1 fully saturated rings. The zero-order valence-corrected chi connectivity index (χ0v) is 14.4. The van der Waals surface area contributed by atoms with Crippen molar-refractivity contribution in [2.45, 2.75) is 32.9 Å². The average molecular weight is 372 g/mol. The number of carbonyl (C=O) groups is 2. The Morgan fingerprint density at radius 1 is 1.38 bits per heavy atom. The molecule has 1 aromatic carbocycles. The summed E-state index contributed by atoms with van der Waals surface area (Å²) < 4.78 is 34.5. The molecule has 2 N–H and O–H groups in total. The minimum Gasteiger partial charge on any atom is -0.490 e. The highest BCUT2D eigenvalue weighted by Crippen LogP contribution is 2.30. The summed E-state index contributed by atoms with van der Waals surface area (Å²) >= 11 is 0. The number of piperidine rings is 1. The maximum absolute atomic E-state index is 12.4. The standard InChI is InChI=1S/C17H22F2N2O5/c1-2-25-14-8-11(5-6-13(14)26-16(18)19)9-20-17(24)21-7-3-4-12(10-21)15(22)23/h5-6,8,12,16H,2-4,7,9-10H2,1H3,(H,20,24)(H,22,23). The summed E-state index contributed by atoms with van der Waals surface area (Å²) in [6, 6.07) is 4.08. The molecule has 1 heterocycles. The summed E-state index contributed by atoms with van der Waals surface area (Å²) in [5, 5.41) is 11.8. The van der Waals surface area contributed by atoms with Gasteiger partial charge in [-0.3, -0.25) is 4.79 Å². The van der Waals surface area contributed by atoms with Crippen molar-refractivity contribution in [2.75, 3.05) is 19.7 Å². The monoisotopic (exact) mass is 372 g/mol. The Balaban J connectivity index is 1.96. The Kier molecular flexibility index (Phi) is 6.99. The highest BCUT2D eigenvalue weighted by Gasteiger charge is 2.28. The fourth-order valence-electron chi connectivity index (χ4n) is 2.78. The van der Waals surface area contributed by atoms with Crippen molar-refractivity contribution in [1.29, 1.82) is 0 Å². The molecule has 1 aromatic rings. The van der Waals surface area contributed by atoms with Crippen LogP contribution in [-0.4, -0.2) is 48.3 Å². The molecule has 0 saturated carbocycles. The molecule has 1 saturated heterocycles. The topological polar surface area (TPSA) is 88.1 Å². The quantitative estimate of drug-likeness (QED) is 0.768. The Morgan fingerprint density at radius 2 is 2.15 bits per heavy atom. The Bertz CT molecular complexity index is 642. The van der Waals surface area contributed by atoms with E-state index in [1.54, 1.807) is 13.0 Å². The van der Waals surface area contributed by atoms with Gasteiger partial charge in [0.15, 0.2) is 11.5 Å². The van der Waals surface area contributed by atoms with Crippen LogP contribution < -0.4 is 14.8 Å². The number of benzene rings is 1. The van der Waals surface area contributed by atoms with Gasteiger partial charge in [0.05, 0.1) is 12.5 Å². The third-order valence-electron chi connectivity index (χ3n) is 4.03. The second-order valence-electron chi connectivity index (χ2n) is 5.87. The lowest BCUT2D eigenvalue weighted by atomic mass is 9.99. The number of hydrogen-bond acceptors (Lipinski definition) is 4. The molecule has 0 spiro atoms. The molecular weight excluding hydrogens is 350 g/mol. The van der Waals surface area contributed by atoms with Crippen LogP contribution in [0.5, 0.6) is 11.5 Å². The molecule has 1 unspecified atom stereocenters. The van der Waals surface area contributed by atoms with Gasteiger partial charge in [-0.25, -0.2) is 4.79 Å². The first kappa shape index (κ1) is 19.7. The van der Waals surface area contributed by atoms with Crippen molar-refractivity contribution in [3.8, 4) is 11.5 Å². The molecule has 2 rings (SSSR count). The molecular formula is C17H22F2N2O5. The summed E-state index contributed by atoms with van der Waals surface area (Å²) in [6.07, 6.45) is 1.20. The molecule has 26 heavy (non-hydrogen) atoms. The molecule has 0 radical (unpaired) electrons. The highest BCUT2D eigenvalue weighted by molar-refractivity contribution is 5.76. The van der Waals surface area contributed by atoms with Crippen molar-refractivity contribution in [2.24, 2.45) is 5.92 Å². The van der Waals surface area contributed by atoms with E-state index < -0.39 is 18.5 Å². The number of likely N-dealkylation sites (tertiary alicyclic amines) is 1. The number of urea groups is 1. The third-order valence-corrected chi connectivity index (χ3v) is 4.03. The first-order chi connectivity index (χ1) is 12.4. The summed E-state index contributed by atoms with van der Waals surface area (Å²) in [5.74, 6) is -1.36. The van der Waals surface area contributed by atoms with E-state index >= 15 is 0 Å². The summed E-state index contributed by atoms with van der Waals surface area (Å²) in [7, 11) is 0. The van der Waals surface area contributed by atoms with E-state index in [1.165, 1.54) is 17.0 Å². The predicted octanol–water partition coefficient (Wildman–Crippen LogP) is 2.69. The molecule has 0 aliphatic carbocycles. The summed E-state index contributed by atoms with van der Waals surface area (Å²) in [5.41, 5.74) is 0.648. The van der Waals surface area contributed by atoms with Gasteiger partial charge in [0.1, 0.15) is 0 Å². The van der Waals surface area contributed by atoms with Crippen molar-refractivity contribution in [3.05, 3.63) is 23.8 Å². The number of halogens is 2. The van der Waals surface area contributed by atoms with Gasteiger partial charge in [-0.1, -0.05) is 6.07 Å². The van der Waals surface area contributed by atoms with Gasteiger partial charge < -0.3 is 24.8 Å². The van der Waals surface area contributed by atoms with E-state index in [0.717, 1.165) is 0 Å². The second-order valence-corrected chi connectivity index (χ2v) is 5.87. The fourth-order valence-corrected chi connectivity index (χ4v) is 2.78. The number of rotatable bonds is 7.